The monoisotopic (exact) mass is 640 g/mol. The van der Waals surface area contributed by atoms with Gasteiger partial charge in [-0.2, -0.15) is 4.72 Å². The van der Waals surface area contributed by atoms with E-state index in [4.69, 9.17) is 16.3 Å². The zero-order valence-corrected chi connectivity index (χ0v) is 26.8. The van der Waals surface area contributed by atoms with Crippen LogP contribution < -0.4 is 14.9 Å². The summed E-state index contributed by atoms with van der Waals surface area (Å²) in [7, 11) is -3.83. The molecule has 0 aromatic heterocycles. The normalized spacial score (nSPS) is 15.0. The number of para-hydroxylation sites is 1. The Bertz CT molecular complexity index is 1460. The summed E-state index contributed by atoms with van der Waals surface area (Å²) in [5.74, 6) is -0.0890. The third kappa shape index (κ3) is 9.79. The van der Waals surface area contributed by atoms with Gasteiger partial charge in [-0.15, -0.1) is 0 Å². The number of anilines is 2. The van der Waals surface area contributed by atoms with Gasteiger partial charge in [0.25, 0.3) is 0 Å². The van der Waals surface area contributed by atoms with E-state index in [9.17, 15) is 18.0 Å². The maximum absolute atomic E-state index is 13.2. The van der Waals surface area contributed by atoms with Crippen molar-refractivity contribution < 1.29 is 22.7 Å². The second-order valence-corrected chi connectivity index (χ2v) is 13.2. The minimum Gasteiger partial charge on any atom is -0.465 e. The third-order valence-corrected chi connectivity index (χ3v) is 9.51. The number of carbonyl (C=O) groups is 2. The number of piperidine rings is 1. The summed E-state index contributed by atoms with van der Waals surface area (Å²) >= 11 is 5.99. The molecule has 1 heterocycles. The zero-order valence-electron chi connectivity index (χ0n) is 25.2. The Kier molecular flexibility index (Phi) is 12.2. The van der Waals surface area contributed by atoms with Gasteiger partial charge in [0.2, 0.25) is 10.0 Å². The largest absolute Gasteiger partial charge is 0.465 e. The number of ether oxygens (including phenoxy) is 1. The van der Waals surface area contributed by atoms with Gasteiger partial charge in [0, 0.05) is 22.9 Å². The highest BCUT2D eigenvalue weighted by atomic mass is 35.5. The summed E-state index contributed by atoms with van der Waals surface area (Å²) in [5, 5.41) is 3.59. The van der Waals surface area contributed by atoms with E-state index in [-0.39, 0.29) is 17.5 Å². The first-order chi connectivity index (χ1) is 21.1. The van der Waals surface area contributed by atoms with E-state index in [0.717, 1.165) is 56.6 Å². The van der Waals surface area contributed by atoms with Crippen molar-refractivity contribution in [2.75, 3.05) is 43.0 Å². The lowest BCUT2D eigenvalue weighted by Crippen LogP contribution is -2.39. The molecule has 4 rings (SSSR count). The van der Waals surface area contributed by atoms with Crippen molar-refractivity contribution in [3.05, 3.63) is 89.4 Å². The summed E-state index contributed by atoms with van der Waals surface area (Å²) < 4.78 is 32.6. The Labute approximate surface area is 265 Å². The summed E-state index contributed by atoms with van der Waals surface area (Å²) in [4.78, 5) is 29.4. The number of nitrogens with zero attached hydrogens (tertiary/aromatic N) is 2. The van der Waals surface area contributed by atoms with Gasteiger partial charge < -0.3 is 15.0 Å². The second kappa shape index (κ2) is 16.0. The van der Waals surface area contributed by atoms with Crippen LogP contribution in [0.1, 0.15) is 38.7 Å². The molecule has 0 aliphatic carbocycles. The third-order valence-electron chi connectivity index (χ3n) is 7.70. The zero-order chi connectivity index (χ0) is 31.5. The number of sulfonamides is 1. The molecule has 1 atom stereocenters. The molecule has 1 saturated heterocycles. The second-order valence-electron chi connectivity index (χ2n) is 11.0. The highest BCUT2D eigenvalue weighted by molar-refractivity contribution is 7.89. The summed E-state index contributed by atoms with van der Waals surface area (Å²) in [6.45, 7) is 6.78. The predicted molar refractivity (Wildman–Crippen MR) is 175 cm³/mol. The van der Waals surface area contributed by atoms with Crippen molar-refractivity contribution in [3.63, 3.8) is 0 Å². The average Bonchev–Trinajstić information content (AvgIpc) is 3.02. The quantitative estimate of drug-likeness (QED) is 0.224. The number of amides is 2. The molecule has 1 fully saturated rings. The number of esters is 1. The van der Waals surface area contributed by atoms with Gasteiger partial charge in [-0.05, 0) is 119 Å². The lowest BCUT2D eigenvalue weighted by Gasteiger charge is -2.32. The van der Waals surface area contributed by atoms with E-state index in [1.807, 2.05) is 42.5 Å². The van der Waals surface area contributed by atoms with Crippen LogP contribution in [0.2, 0.25) is 5.02 Å². The van der Waals surface area contributed by atoms with Crippen LogP contribution in [0.5, 0.6) is 0 Å². The fourth-order valence-corrected chi connectivity index (χ4v) is 6.62. The van der Waals surface area contributed by atoms with Gasteiger partial charge in [0.15, 0.2) is 0 Å². The molecule has 2 amide bonds. The van der Waals surface area contributed by atoms with Gasteiger partial charge in [0.05, 0.1) is 11.5 Å². The molecule has 0 radical (unpaired) electrons. The lowest BCUT2D eigenvalue weighted by atomic mass is 9.90. The van der Waals surface area contributed by atoms with Crippen molar-refractivity contribution in [2.45, 2.75) is 50.5 Å². The van der Waals surface area contributed by atoms with Gasteiger partial charge in [-0.25, -0.2) is 13.2 Å². The summed E-state index contributed by atoms with van der Waals surface area (Å²) in [6.07, 6.45) is 3.83. The molecule has 0 bridgehead atoms. The first-order valence-corrected chi connectivity index (χ1v) is 16.9. The van der Waals surface area contributed by atoms with Gasteiger partial charge >= 0.3 is 12.0 Å². The Morgan fingerprint density at radius 2 is 1.66 bits per heavy atom. The van der Waals surface area contributed by atoms with Crippen molar-refractivity contribution in [3.8, 4) is 0 Å². The van der Waals surface area contributed by atoms with E-state index < -0.39 is 22.0 Å². The first kappa shape index (κ1) is 33.5. The Hall–Kier alpha value is -3.44. The van der Waals surface area contributed by atoms with Crippen LogP contribution in [-0.4, -0.2) is 64.1 Å². The fourth-order valence-electron chi connectivity index (χ4n) is 5.30. The molecule has 9 nitrogen and oxygen atoms in total. The number of urea groups is 1. The smallest absolute Gasteiger partial charge is 0.326 e. The SMILES string of the molecule is CCOC(=O)C(C)NS(=O)(=O)c1ccc(CC2CCN(CCCN(C(=O)Nc3ccc(Cl)cc3)c3ccccc3)CC2)cc1. The fraction of sp³-hybridized carbons (Fsp3) is 0.394. The molecule has 2 N–H and O–H groups in total. The van der Waals surface area contributed by atoms with Crippen LogP contribution in [0.3, 0.4) is 0 Å². The number of hydrogen-bond donors (Lipinski definition) is 2. The number of benzene rings is 3. The Morgan fingerprint density at radius 1 is 1.00 bits per heavy atom. The lowest BCUT2D eigenvalue weighted by molar-refractivity contribution is -0.144. The summed E-state index contributed by atoms with van der Waals surface area (Å²) in [6, 6.07) is 22.5. The highest BCUT2D eigenvalue weighted by Crippen LogP contribution is 2.24. The van der Waals surface area contributed by atoms with Crippen molar-refractivity contribution >= 4 is 45.0 Å². The molecule has 1 unspecified atom stereocenters. The highest BCUT2D eigenvalue weighted by Gasteiger charge is 2.24. The van der Waals surface area contributed by atoms with E-state index in [2.05, 4.69) is 14.9 Å². The van der Waals surface area contributed by atoms with Crippen LogP contribution in [0.4, 0.5) is 16.2 Å². The minimum absolute atomic E-state index is 0.124. The molecule has 11 heteroatoms. The summed E-state index contributed by atoms with van der Waals surface area (Å²) in [5.41, 5.74) is 2.63. The molecule has 1 aliphatic rings. The van der Waals surface area contributed by atoms with E-state index >= 15 is 0 Å². The molecule has 44 heavy (non-hydrogen) atoms. The van der Waals surface area contributed by atoms with E-state index in [1.165, 1.54) is 6.92 Å². The van der Waals surface area contributed by atoms with Crippen LogP contribution in [0.15, 0.2) is 83.8 Å². The first-order valence-electron chi connectivity index (χ1n) is 15.0. The molecule has 3 aromatic carbocycles. The maximum Gasteiger partial charge on any atom is 0.326 e. The maximum atomic E-state index is 13.2. The standard InChI is InChI=1S/C33H41ClN4O5S/c1-3-43-32(39)25(2)36-44(41,42)31-16-10-26(11-17-31)24-27-18-22-37(23-19-27)20-7-21-38(30-8-5-4-6-9-30)33(40)35-29-14-12-28(34)13-15-29/h4-6,8-17,25,27,36H,3,7,18-24H2,1-2H3,(H,35,40). The predicted octanol–water partition coefficient (Wildman–Crippen LogP) is 5.95. The molecule has 1 aliphatic heterocycles. The Balaban J connectivity index is 1.23. The van der Waals surface area contributed by atoms with Gasteiger partial charge in [0.1, 0.15) is 6.04 Å². The molecule has 0 spiro atoms. The van der Waals surface area contributed by atoms with Crippen LogP contribution in [-0.2, 0) is 26.0 Å². The number of carbonyl (C=O) groups excluding carboxylic acids is 2. The number of hydrogen-bond acceptors (Lipinski definition) is 6. The average molecular weight is 641 g/mol. The van der Waals surface area contributed by atoms with Crippen LogP contribution in [0.25, 0.3) is 0 Å². The number of rotatable bonds is 13. The van der Waals surface area contributed by atoms with Crippen molar-refractivity contribution in [2.24, 2.45) is 5.92 Å². The number of halogens is 1. The molecule has 0 saturated carbocycles. The van der Waals surface area contributed by atoms with Gasteiger partial charge in [-0.1, -0.05) is 41.9 Å². The van der Waals surface area contributed by atoms with Gasteiger partial charge in [-0.3, -0.25) is 9.69 Å². The number of likely N-dealkylation sites (tertiary alicyclic amines) is 1. The minimum atomic E-state index is -3.83. The molecular formula is C33H41ClN4O5S. The van der Waals surface area contributed by atoms with E-state index in [0.29, 0.717) is 23.2 Å². The number of nitrogens with one attached hydrogen (secondary N) is 2. The van der Waals surface area contributed by atoms with Crippen molar-refractivity contribution in [1.29, 1.82) is 0 Å². The molecular weight excluding hydrogens is 600 g/mol. The van der Waals surface area contributed by atoms with Crippen molar-refractivity contribution in [1.82, 2.24) is 9.62 Å². The molecule has 3 aromatic rings. The van der Waals surface area contributed by atoms with E-state index in [1.54, 1.807) is 48.2 Å². The Morgan fingerprint density at radius 3 is 2.30 bits per heavy atom. The van der Waals surface area contributed by atoms with Crippen LogP contribution >= 0.6 is 11.6 Å². The molecule has 236 valence electrons. The van der Waals surface area contributed by atoms with Crippen LogP contribution in [0, 0.1) is 5.92 Å². The topological polar surface area (TPSA) is 108 Å².